The third kappa shape index (κ3) is 4.89. The Kier molecular flexibility index (Phi) is 5.29. The molecular formula is C16H17FN2O2. The SMILES string of the molecule is Nc1cc(NC(=O)CCOCc2ccccc2)ccc1F. The number of ether oxygens (including phenoxy) is 1. The van der Waals surface area contributed by atoms with E-state index in [0.717, 1.165) is 5.56 Å². The molecule has 0 atom stereocenters. The average Bonchev–Trinajstić information content (AvgIpc) is 2.49. The number of nitrogens with one attached hydrogen (secondary N) is 1. The first-order chi connectivity index (χ1) is 10.1. The molecule has 0 aliphatic carbocycles. The Morgan fingerprint density at radius 3 is 2.67 bits per heavy atom. The van der Waals surface area contributed by atoms with Crippen molar-refractivity contribution in [2.24, 2.45) is 0 Å². The molecule has 0 bridgehead atoms. The van der Waals surface area contributed by atoms with Gasteiger partial charge in [-0.05, 0) is 23.8 Å². The first kappa shape index (κ1) is 15.0. The van der Waals surface area contributed by atoms with E-state index in [-0.39, 0.29) is 18.0 Å². The minimum atomic E-state index is -0.501. The molecule has 1 amide bonds. The van der Waals surface area contributed by atoms with E-state index in [0.29, 0.717) is 18.9 Å². The summed E-state index contributed by atoms with van der Waals surface area (Å²) in [6, 6.07) is 13.8. The van der Waals surface area contributed by atoms with E-state index < -0.39 is 5.82 Å². The molecule has 4 nitrogen and oxygen atoms in total. The van der Waals surface area contributed by atoms with Crippen LogP contribution in [0.15, 0.2) is 48.5 Å². The van der Waals surface area contributed by atoms with Crippen LogP contribution in [0.3, 0.4) is 0 Å². The van der Waals surface area contributed by atoms with E-state index in [1.54, 1.807) is 0 Å². The molecule has 0 unspecified atom stereocenters. The molecule has 110 valence electrons. The summed E-state index contributed by atoms with van der Waals surface area (Å²) in [4.78, 5) is 11.7. The Labute approximate surface area is 122 Å². The molecule has 21 heavy (non-hydrogen) atoms. The summed E-state index contributed by atoms with van der Waals surface area (Å²) < 4.78 is 18.4. The van der Waals surface area contributed by atoms with Crippen LogP contribution in [-0.4, -0.2) is 12.5 Å². The highest BCUT2D eigenvalue weighted by Gasteiger charge is 2.05. The molecule has 0 heterocycles. The quantitative estimate of drug-likeness (QED) is 0.634. The van der Waals surface area contributed by atoms with Crippen LogP contribution < -0.4 is 11.1 Å². The smallest absolute Gasteiger partial charge is 0.226 e. The second-order valence-electron chi connectivity index (χ2n) is 4.57. The van der Waals surface area contributed by atoms with Crippen LogP contribution in [0.1, 0.15) is 12.0 Å². The van der Waals surface area contributed by atoms with Crippen molar-refractivity contribution in [1.29, 1.82) is 0 Å². The van der Waals surface area contributed by atoms with Crippen LogP contribution in [-0.2, 0) is 16.1 Å². The molecule has 0 aliphatic rings. The third-order valence-corrected chi connectivity index (χ3v) is 2.86. The molecule has 5 heteroatoms. The first-order valence-electron chi connectivity index (χ1n) is 6.61. The number of nitrogen functional groups attached to an aromatic ring is 1. The standard InChI is InChI=1S/C16H17FN2O2/c17-14-7-6-13(10-15(14)18)19-16(20)8-9-21-11-12-4-2-1-3-5-12/h1-7,10H,8-9,11,18H2,(H,19,20). The van der Waals surface area contributed by atoms with Crippen molar-refractivity contribution >= 4 is 17.3 Å². The van der Waals surface area contributed by atoms with Crippen molar-refractivity contribution in [2.75, 3.05) is 17.7 Å². The second-order valence-corrected chi connectivity index (χ2v) is 4.57. The lowest BCUT2D eigenvalue weighted by Gasteiger charge is -2.07. The highest BCUT2D eigenvalue weighted by molar-refractivity contribution is 5.91. The van der Waals surface area contributed by atoms with E-state index >= 15 is 0 Å². The van der Waals surface area contributed by atoms with Crippen LogP contribution >= 0.6 is 0 Å². The van der Waals surface area contributed by atoms with Gasteiger partial charge in [0.1, 0.15) is 5.82 Å². The van der Waals surface area contributed by atoms with Gasteiger partial charge in [-0.15, -0.1) is 0 Å². The Bertz CT molecular complexity index is 602. The van der Waals surface area contributed by atoms with Gasteiger partial charge in [0.05, 0.1) is 25.3 Å². The summed E-state index contributed by atoms with van der Waals surface area (Å²) in [5, 5.41) is 2.64. The summed E-state index contributed by atoms with van der Waals surface area (Å²) >= 11 is 0. The molecule has 2 rings (SSSR count). The normalized spacial score (nSPS) is 10.3. The van der Waals surface area contributed by atoms with Crippen LogP contribution in [0.5, 0.6) is 0 Å². The summed E-state index contributed by atoms with van der Waals surface area (Å²) in [6.45, 7) is 0.787. The summed E-state index contributed by atoms with van der Waals surface area (Å²) in [7, 11) is 0. The predicted octanol–water partition coefficient (Wildman–Crippen LogP) is 2.95. The number of anilines is 2. The van der Waals surface area contributed by atoms with E-state index in [1.807, 2.05) is 30.3 Å². The fraction of sp³-hybridized carbons (Fsp3) is 0.188. The Balaban J connectivity index is 1.71. The molecule has 0 aliphatic heterocycles. The Morgan fingerprint density at radius 1 is 1.19 bits per heavy atom. The fourth-order valence-electron chi connectivity index (χ4n) is 1.77. The molecule has 2 aromatic rings. The highest BCUT2D eigenvalue weighted by Crippen LogP contribution is 2.16. The Hall–Kier alpha value is -2.40. The predicted molar refractivity (Wildman–Crippen MR) is 80.2 cm³/mol. The largest absolute Gasteiger partial charge is 0.396 e. The van der Waals surface area contributed by atoms with Crippen molar-refractivity contribution in [3.63, 3.8) is 0 Å². The van der Waals surface area contributed by atoms with Crippen molar-refractivity contribution in [1.82, 2.24) is 0 Å². The van der Waals surface area contributed by atoms with Gasteiger partial charge in [0, 0.05) is 5.69 Å². The van der Waals surface area contributed by atoms with Gasteiger partial charge in [-0.2, -0.15) is 0 Å². The maximum absolute atomic E-state index is 13.0. The van der Waals surface area contributed by atoms with Gasteiger partial charge in [-0.1, -0.05) is 30.3 Å². The second kappa shape index (κ2) is 7.40. The molecule has 0 fully saturated rings. The van der Waals surface area contributed by atoms with Crippen molar-refractivity contribution in [2.45, 2.75) is 13.0 Å². The molecule has 0 spiro atoms. The minimum Gasteiger partial charge on any atom is -0.396 e. The number of hydrogen-bond donors (Lipinski definition) is 2. The number of carbonyl (C=O) groups is 1. The van der Waals surface area contributed by atoms with Crippen molar-refractivity contribution < 1.29 is 13.9 Å². The number of hydrogen-bond acceptors (Lipinski definition) is 3. The maximum Gasteiger partial charge on any atom is 0.226 e. The van der Waals surface area contributed by atoms with Crippen LogP contribution in [0.2, 0.25) is 0 Å². The van der Waals surface area contributed by atoms with Crippen LogP contribution in [0.4, 0.5) is 15.8 Å². The molecule has 0 radical (unpaired) electrons. The lowest BCUT2D eigenvalue weighted by Crippen LogP contribution is -2.14. The molecule has 0 aromatic heterocycles. The van der Waals surface area contributed by atoms with E-state index in [4.69, 9.17) is 10.5 Å². The highest BCUT2D eigenvalue weighted by atomic mass is 19.1. The molecule has 2 aromatic carbocycles. The monoisotopic (exact) mass is 288 g/mol. The number of halogens is 1. The summed E-state index contributed by atoms with van der Waals surface area (Å²) in [5.41, 5.74) is 6.97. The van der Waals surface area contributed by atoms with Gasteiger partial charge < -0.3 is 15.8 Å². The summed E-state index contributed by atoms with van der Waals surface area (Å²) in [6.07, 6.45) is 0.226. The zero-order chi connectivity index (χ0) is 15.1. The van der Waals surface area contributed by atoms with Crippen LogP contribution in [0, 0.1) is 5.82 Å². The summed E-state index contributed by atoms with van der Waals surface area (Å²) in [5.74, 6) is -0.701. The fourth-order valence-corrected chi connectivity index (χ4v) is 1.77. The van der Waals surface area contributed by atoms with Gasteiger partial charge in [0.2, 0.25) is 5.91 Å². The minimum absolute atomic E-state index is 0.00753. The topological polar surface area (TPSA) is 64.3 Å². The molecule has 0 saturated carbocycles. The number of nitrogens with two attached hydrogens (primary N) is 1. The van der Waals surface area contributed by atoms with E-state index in [2.05, 4.69) is 5.32 Å². The number of carbonyl (C=O) groups excluding carboxylic acids is 1. The third-order valence-electron chi connectivity index (χ3n) is 2.86. The maximum atomic E-state index is 13.0. The molecule has 0 saturated heterocycles. The lowest BCUT2D eigenvalue weighted by molar-refractivity contribution is -0.117. The van der Waals surface area contributed by atoms with Gasteiger partial charge in [-0.25, -0.2) is 4.39 Å². The zero-order valence-electron chi connectivity index (χ0n) is 11.5. The van der Waals surface area contributed by atoms with Crippen molar-refractivity contribution in [3.05, 3.63) is 59.9 Å². The van der Waals surface area contributed by atoms with Gasteiger partial charge in [0.25, 0.3) is 0 Å². The molecular weight excluding hydrogens is 271 g/mol. The molecule has 3 N–H and O–H groups in total. The van der Waals surface area contributed by atoms with Crippen molar-refractivity contribution in [3.8, 4) is 0 Å². The van der Waals surface area contributed by atoms with E-state index in [1.165, 1.54) is 18.2 Å². The van der Waals surface area contributed by atoms with Gasteiger partial charge in [0.15, 0.2) is 0 Å². The van der Waals surface area contributed by atoms with E-state index in [9.17, 15) is 9.18 Å². The number of rotatable bonds is 6. The zero-order valence-corrected chi connectivity index (χ0v) is 11.5. The van der Waals surface area contributed by atoms with Crippen LogP contribution in [0.25, 0.3) is 0 Å². The number of benzene rings is 2. The number of amides is 1. The first-order valence-corrected chi connectivity index (χ1v) is 6.61. The lowest BCUT2D eigenvalue weighted by atomic mass is 10.2. The van der Waals surface area contributed by atoms with Gasteiger partial charge >= 0.3 is 0 Å². The van der Waals surface area contributed by atoms with Gasteiger partial charge in [-0.3, -0.25) is 4.79 Å². The Morgan fingerprint density at radius 2 is 1.95 bits per heavy atom. The average molecular weight is 288 g/mol.